The van der Waals surface area contributed by atoms with Gasteiger partial charge in [0.2, 0.25) is 5.88 Å². The fraction of sp³-hybridized carbons (Fsp3) is 0.182. The van der Waals surface area contributed by atoms with E-state index in [4.69, 9.17) is 15.6 Å². The van der Waals surface area contributed by atoms with Crippen molar-refractivity contribution in [1.29, 1.82) is 0 Å². The molecule has 2 aromatic carbocycles. The van der Waals surface area contributed by atoms with Crippen LogP contribution in [0.15, 0.2) is 54.9 Å². The van der Waals surface area contributed by atoms with Crippen LogP contribution in [0.25, 0.3) is 0 Å². The number of anilines is 2. The Bertz CT molecular complexity index is 1190. The third kappa shape index (κ3) is 6.65. The fourth-order valence-electron chi connectivity index (χ4n) is 2.93. The van der Waals surface area contributed by atoms with Gasteiger partial charge in [-0.3, -0.25) is 4.79 Å². The lowest BCUT2D eigenvalue weighted by Gasteiger charge is -2.13. The number of carbonyl (C=O) groups is 2. The zero-order valence-electron chi connectivity index (χ0n) is 17.8. The van der Waals surface area contributed by atoms with E-state index < -0.39 is 29.8 Å². The van der Waals surface area contributed by atoms with Gasteiger partial charge >= 0.3 is 18.2 Å². The predicted octanol–water partition coefficient (Wildman–Crippen LogP) is 4.71. The minimum Gasteiger partial charge on any atom is -0.481 e. The Morgan fingerprint density at radius 1 is 1.06 bits per heavy atom. The topological polar surface area (TPSA) is 139 Å². The highest BCUT2D eigenvalue weighted by atomic mass is 19.4. The molecule has 34 heavy (non-hydrogen) atoms. The lowest BCUT2D eigenvalue weighted by Crippen LogP contribution is -2.20. The van der Waals surface area contributed by atoms with Crippen LogP contribution >= 0.6 is 0 Å². The van der Waals surface area contributed by atoms with E-state index in [1.165, 1.54) is 55.7 Å². The van der Waals surface area contributed by atoms with Gasteiger partial charge in [0, 0.05) is 17.4 Å². The van der Waals surface area contributed by atoms with Gasteiger partial charge in [0.25, 0.3) is 0 Å². The second kappa shape index (κ2) is 10.2. The minimum atomic E-state index is -4.53. The monoisotopic (exact) mass is 475 g/mol. The first-order valence-corrected chi connectivity index (χ1v) is 9.84. The zero-order chi connectivity index (χ0) is 24.9. The van der Waals surface area contributed by atoms with Crippen LogP contribution in [-0.4, -0.2) is 27.1 Å². The van der Waals surface area contributed by atoms with Gasteiger partial charge in [-0.05, 0) is 48.9 Å². The summed E-state index contributed by atoms with van der Waals surface area (Å²) >= 11 is 0. The summed E-state index contributed by atoms with van der Waals surface area (Å²) in [6.45, 7) is 1.34. The third-order valence-electron chi connectivity index (χ3n) is 4.57. The number of carboxylic acids is 1. The standard InChI is InChI=1S/C22H20F3N5O4/c1-12-2-3-14(8-16(12)22(23,24)25)30-21(33)29-13-4-6-15(7-5-13)34-19-10-18(27-11-28-19)17(26)9-20(31)32/h2-8,10-11,17H,9,26H2,1H3,(H,31,32)(H2,29,30,33)/t17-/m0/s1. The van der Waals surface area contributed by atoms with Crippen molar-refractivity contribution in [3.8, 4) is 11.6 Å². The van der Waals surface area contributed by atoms with Crippen molar-refractivity contribution in [1.82, 2.24) is 9.97 Å². The van der Waals surface area contributed by atoms with E-state index in [2.05, 4.69) is 20.6 Å². The zero-order valence-corrected chi connectivity index (χ0v) is 17.8. The van der Waals surface area contributed by atoms with Crippen molar-refractivity contribution in [3.63, 3.8) is 0 Å². The Balaban J connectivity index is 1.61. The number of amides is 2. The number of urea groups is 1. The molecule has 9 nitrogen and oxygen atoms in total. The summed E-state index contributed by atoms with van der Waals surface area (Å²) in [5, 5.41) is 13.7. The molecule has 1 aromatic heterocycles. The highest BCUT2D eigenvalue weighted by Gasteiger charge is 2.32. The second-order valence-electron chi connectivity index (χ2n) is 7.22. The summed E-state index contributed by atoms with van der Waals surface area (Å²) < 4.78 is 44.7. The van der Waals surface area contributed by atoms with Gasteiger partial charge in [0.05, 0.1) is 23.7 Å². The van der Waals surface area contributed by atoms with E-state index >= 15 is 0 Å². The van der Waals surface area contributed by atoms with Crippen LogP contribution in [0.3, 0.4) is 0 Å². The Morgan fingerprint density at radius 2 is 1.71 bits per heavy atom. The molecule has 178 valence electrons. The van der Waals surface area contributed by atoms with Gasteiger partial charge in [0.15, 0.2) is 0 Å². The number of halogens is 3. The molecule has 0 fully saturated rings. The normalized spacial score (nSPS) is 12.0. The average molecular weight is 475 g/mol. The molecule has 0 aliphatic rings. The van der Waals surface area contributed by atoms with Gasteiger partial charge in [-0.1, -0.05) is 6.07 Å². The highest BCUT2D eigenvalue weighted by molar-refractivity contribution is 5.99. The summed E-state index contributed by atoms with van der Waals surface area (Å²) in [5.74, 6) is -0.566. The molecule has 1 atom stereocenters. The van der Waals surface area contributed by atoms with Crippen LogP contribution in [-0.2, 0) is 11.0 Å². The van der Waals surface area contributed by atoms with E-state index in [0.29, 0.717) is 17.1 Å². The summed E-state index contributed by atoms with van der Waals surface area (Å²) in [7, 11) is 0. The van der Waals surface area contributed by atoms with Gasteiger partial charge < -0.3 is 26.2 Å². The Kier molecular flexibility index (Phi) is 7.31. The number of alkyl halides is 3. The smallest absolute Gasteiger partial charge is 0.416 e. The lowest BCUT2D eigenvalue weighted by molar-refractivity contribution is -0.138. The number of aliphatic carboxylic acids is 1. The number of carbonyl (C=O) groups excluding carboxylic acids is 1. The fourth-order valence-corrected chi connectivity index (χ4v) is 2.93. The van der Waals surface area contributed by atoms with Gasteiger partial charge in [-0.2, -0.15) is 13.2 Å². The van der Waals surface area contributed by atoms with Crippen molar-refractivity contribution in [3.05, 3.63) is 71.7 Å². The molecule has 0 saturated heterocycles. The first-order chi connectivity index (χ1) is 16.0. The van der Waals surface area contributed by atoms with Gasteiger partial charge in [-0.25, -0.2) is 14.8 Å². The van der Waals surface area contributed by atoms with Gasteiger partial charge in [0.1, 0.15) is 12.1 Å². The van der Waals surface area contributed by atoms with Crippen molar-refractivity contribution < 1.29 is 32.6 Å². The molecule has 2 amide bonds. The van der Waals surface area contributed by atoms with Crippen molar-refractivity contribution in [2.75, 3.05) is 10.6 Å². The maximum Gasteiger partial charge on any atom is 0.416 e. The van der Waals surface area contributed by atoms with Crippen LogP contribution in [0.1, 0.15) is 29.3 Å². The van der Waals surface area contributed by atoms with Crippen LogP contribution in [0.2, 0.25) is 0 Å². The number of ether oxygens (including phenoxy) is 1. The quantitative estimate of drug-likeness (QED) is 0.388. The number of hydrogen-bond acceptors (Lipinski definition) is 6. The Hall–Kier alpha value is -4.19. The predicted molar refractivity (Wildman–Crippen MR) is 117 cm³/mol. The molecule has 0 radical (unpaired) electrons. The van der Waals surface area contributed by atoms with E-state index in [-0.39, 0.29) is 23.6 Å². The first kappa shape index (κ1) is 24.5. The third-order valence-corrected chi connectivity index (χ3v) is 4.57. The molecule has 0 bridgehead atoms. The number of aryl methyl sites for hydroxylation is 1. The van der Waals surface area contributed by atoms with E-state index in [0.717, 1.165) is 6.07 Å². The van der Waals surface area contributed by atoms with Crippen molar-refractivity contribution in [2.45, 2.75) is 25.6 Å². The van der Waals surface area contributed by atoms with Crippen LogP contribution in [0.4, 0.5) is 29.3 Å². The summed E-state index contributed by atoms with van der Waals surface area (Å²) in [6.07, 6.45) is -3.64. The second-order valence-corrected chi connectivity index (χ2v) is 7.22. The van der Waals surface area contributed by atoms with E-state index in [1.807, 2.05) is 0 Å². The SMILES string of the molecule is Cc1ccc(NC(=O)Nc2ccc(Oc3cc([C@@H](N)CC(=O)O)ncn3)cc2)cc1C(F)(F)F. The molecule has 5 N–H and O–H groups in total. The maximum absolute atomic E-state index is 13.0. The molecule has 12 heteroatoms. The molecule has 0 saturated carbocycles. The number of hydrogen-bond donors (Lipinski definition) is 4. The molecular formula is C22H20F3N5O4. The van der Waals surface area contributed by atoms with E-state index in [9.17, 15) is 22.8 Å². The van der Waals surface area contributed by atoms with Crippen LogP contribution in [0.5, 0.6) is 11.6 Å². The number of benzene rings is 2. The van der Waals surface area contributed by atoms with E-state index in [1.54, 1.807) is 0 Å². The Labute approximate surface area is 191 Å². The molecule has 3 rings (SSSR count). The molecular weight excluding hydrogens is 455 g/mol. The van der Waals surface area contributed by atoms with Crippen molar-refractivity contribution in [2.24, 2.45) is 5.73 Å². The number of rotatable bonds is 7. The molecule has 1 heterocycles. The number of nitrogens with one attached hydrogen (secondary N) is 2. The first-order valence-electron chi connectivity index (χ1n) is 9.84. The lowest BCUT2D eigenvalue weighted by atomic mass is 10.1. The Morgan fingerprint density at radius 3 is 2.35 bits per heavy atom. The molecule has 0 aliphatic carbocycles. The van der Waals surface area contributed by atoms with Crippen molar-refractivity contribution >= 4 is 23.4 Å². The summed E-state index contributed by atoms with van der Waals surface area (Å²) in [5.41, 5.74) is 5.66. The number of carboxylic acid groups (broad SMARTS) is 1. The maximum atomic E-state index is 13.0. The minimum absolute atomic E-state index is 0.00366. The average Bonchev–Trinajstić information content (AvgIpc) is 2.75. The summed E-state index contributed by atoms with van der Waals surface area (Å²) in [4.78, 5) is 30.9. The largest absolute Gasteiger partial charge is 0.481 e. The molecule has 3 aromatic rings. The molecule has 0 unspecified atom stereocenters. The van der Waals surface area contributed by atoms with Crippen LogP contribution < -0.4 is 21.1 Å². The number of aromatic nitrogens is 2. The van der Waals surface area contributed by atoms with Gasteiger partial charge in [-0.15, -0.1) is 0 Å². The highest BCUT2D eigenvalue weighted by Crippen LogP contribution is 2.33. The number of nitrogens with zero attached hydrogens (tertiary/aromatic N) is 2. The van der Waals surface area contributed by atoms with Crippen LogP contribution in [0, 0.1) is 6.92 Å². The number of nitrogens with two attached hydrogens (primary N) is 1. The summed E-state index contributed by atoms with van der Waals surface area (Å²) in [6, 6.07) is 9.48. The molecule has 0 aliphatic heterocycles. The molecule has 0 spiro atoms.